The first-order valence-electron chi connectivity index (χ1n) is 6.86. The van der Waals surface area contributed by atoms with E-state index in [0.717, 1.165) is 0 Å². The Morgan fingerprint density at radius 2 is 1.96 bits per heavy atom. The molecule has 0 aliphatic rings. The Morgan fingerprint density at radius 3 is 2.58 bits per heavy atom. The third kappa shape index (κ3) is 4.26. The molecule has 2 aromatic rings. The van der Waals surface area contributed by atoms with Crippen LogP contribution in [-0.2, 0) is 4.74 Å². The Bertz CT molecular complexity index is 760. The predicted octanol–water partition coefficient (Wildman–Crippen LogP) is 2.78. The topological polar surface area (TPSA) is 121 Å². The van der Waals surface area contributed by atoms with Crippen LogP contribution in [-0.4, -0.2) is 28.6 Å². The van der Waals surface area contributed by atoms with E-state index in [1.165, 1.54) is 42.6 Å². The van der Waals surface area contributed by atoms with Crippen molar-refractivity contribution in [2.45, 2.75) is 6.92 Å². The molecular weight excluding hydrogens is 318 g/mol. The van der Waals surface area contributed by atoms with Crippen LogP contribution >= 0.6 is 0 Å². The van der Waals surface area contributed by atoms with E-state index in [0.29, 0.717) is 0 Å². The first-order valence-corrected chi connectivity index (χ1v) is 6.86. The fraction of sp³-hybridized carbons (Fsp3) is 0.133. The van der Waals surface area contributed by atoms with Crippen molar-refractivity contribution in [2.75, 3.05) is 11.9 Å². The molecule has 2 rings (SSSR count). The highest BCUT2D eigenvalue weighted by molar-refractivity contribution is 5.98. The maximum atomic E-state index is 11.9. The van der Waals surface area contributed by atoms with Crippen molar-refractivity contribution in [3.05, 3.63) is 58.3 Å². The van der Waals surface area contributed by atoms with E-state index >= 15 is 0 Å². The Kier molecular flexibility index (Phi) is 5.40. The van der Waals surface area contributed by atoms with Gasteiger partial charge in [0.25, 0.3) is 5.69 Å². The third-order valence-corrected chi connectivity index (χ3v) is 2.78. The van der Waals surface area contributed by atoms with Crippen LogP contribution in [0.3, 0.4) is 0 Å². The summed E-state index contributed by atoms with van der Waals surface area (Å²) in [6.07, 6.45) is 0.498. The van der Waals surface area contributed by atoms with Crippen LogP contribution in [0.2, 0.25) is 0 Å². The summed E-state index contributed by atoms with van der Waals surface area (Å²) in [6.45, 7) is 1.84. The molecule has 24 heavy (non-hydrogen) atoms. The van der Waals surface area contributed by atoms with Gasteiger partial charge in [-0.2, -0.15) is 0 Å². The number of benzene rings is 1. The Balaban J connectivity index is 2.07. The number of non-ortho nitro benzene ring substituents is 1. The van der Waals surface area contributed by atoms with Crippen LogP contribution in [0.15, 0.2) is 42.6 Å². The molecule has 1 aromatic carbocycles. The number of anilines is 1. The second kappa shape index (κ2) is 7.68. The predicted molar refractivity (Wildman–Crippen MR) is 82.9 cm³/mol. The fourth-order valence-electron chi connectivity index (χ4n) is 1.74. The average molecular weight is 331 g/mol. The summed E-state index contributed by atoms with van der Waals surface area (Å²) >= 11 is 0. The molecule has 9 nitrogen and oxygen atoms in total. The molecule has 0 unspecified atom stereocenters. The molecule has 0 bridgehead atoms. The van der Waals surface area contributed by atoms with Crippen molar-refractivity contribution >= 4 is 23.6 Å². The lowest BCUT2D eigenvalue weighted by atomic mass is 10.2. The minimum absolute atomic E-state index is 0.0112. The molecule has 0 fully saturated rings. The number of ether oxygens (including phenoxy) is 2. The number of hydrogen-bond acceptors (Lipinski definition) is 7. The van der Waals surface area contributed by atoms with Crippen molar-refractivity contribution in [1.82, 2.24) is 4.98 Å². The van der Waals surface area contributed by atoms with E-state index in [4.69, 9.17) is 9.47 Å². The van der Waals surface area contributed by atoms with Gasteiger partial charge in [-0.3, -0.25) is 15.4 Å². The van der Waals surface area contributed by atoms with Crippen molar-refractivity contribution in [1.29, 1.82) is 0 Å². The molecule has 124 valence electrons. The first-order chi connectivity index (χ1) is 11.5. The Morgan fingerprint density at radius 1 is 1.25 bits per heavy atom. The zero-order valence-corrected chi connectivity index (χ0v) is 12.6. The fourth-order valence-corrected chi connectivity index (χ4v) is 1.74. The molecule has 1 aromatic heterocycles. The molecule has 0 saturated carbocycles. The molecule has 1 N–H and O–H groups in total. The third-order valence-electron chi connectivity index (χ3n) is 2.78. The number of aromatic nitrogens is 1. The quantitative estimate of drug-likeness (QED) is 0.508. The number of nitrogens with one attached hydrogen (secondary N) is 1. The highest BCUT2D eigenvalue weighted by Gasteiger charge is 2.16. The number of hydrogen-bond donors (Lipinski definition) is 1. The number of nitro groups is 1. The number of rotatable bonds is 5. The van der Waals surface area contributed by atoms with Gasteiger partial charge in [0, 0.05) is 18.3 Å². The lowest BCUT2D eigenvalue weighted by Gasteiger charge is -2.09. The van der Waals surface area contributed by atoms with E-state index in [1.54, 1.807) is 6.92 Å². The van der Waals surface area contributed by atoms with Crippen molar-refractivity contribution in [3.63, 3.8) is 0 Å². The van der Waals surface area contributed by atoms with Crippen LogP contribution in [0.5, 0.6) is 5.75 Å². The van der Waals surface area contributed by atoms with Crippen molar-refractivity contribution in [2.24, 2.45) is 0 Å². The van der Waals surface area contributed by atoms with Crippen LogP contribution in [0.4, 0.5) is 16.3 Å². The summed E-state index contributed by atoms with van der Waals surface area (Å²) < 4.78 is 9.85. The number of esters is 1. The lowest BCUT2D eigenvalue weighted by molar-refractivity contribution is -0.384. The van der Waals surface area contributed by atoms with E-state index in [2.05, 4.69) is 10.3 Å². The molecule has 0 aliphatic carbocycles. The molecule has 9 heteroatoms. The Labute approximate surface area is 136 Å². The van der Waals surface area contributed by atoms with Crippen molar-refractivity contribution in [3.8, 4) is 5.75 Å². The van der Waals surface area contributed by atoms with Gasteiger partial charge in [-0.25, -0.2) is 14.6 Å². The summed E-state index contributed by atoms with van der Waals surface area (Å²) in [4.78, 5) is 37.6. The summed E-state index contributed by atoms with van der Waals surface area (Å²) in [5, 5.41) is 12.9. The maximum absolute atomic E-state index is 11.9. The second-order valence-corrected chi connectivity index (χ2v) is 4.39. The SMILES string of the molecule is CCOC(=O)c1cccnc1NC(=O)Oc1ccc([N+](=O)[O-])cc1. The van der Waals surface area contributed by atoms with E-state index in [-0.39, 0.29) is 29.4 Å². The molecule has 0 spiro atoms. The van der Waals surface area contributed by atoms with Crippen LogP contribution < -0.4 is 10.1 Å². The molecule has 0 aliphatic heterocycles. The number of carbonyl (C=O) groups excluding carboxylic acids is 2. The maximum Gasteiger partial charge on any atom is 0.418 e. The minimum Gasteiger partial charge on any atom is -0.462 e. The van der Waals surface area contributed by atoms with Gasteiger partial charge in [0.15, 0.2) is 0 Å². The van der Waals surface area contributed by atoms with Gasteiger partial charge in [-0.1, -0.05) is 0 Å². The number of nitrogens with zero attached hydrogens (tertiary/aromatic N) is 2. The van der Waals surface area contributed by atoms with Gasteiger partial charge in [0.05, 0.1) is 11.5 Å². The van der Waals surface area contributed by atoms with Crippen LogP contribution in [0.1, 0.15) is 17.3 Å². The monoisotopic (exact) mass is 331 g/mol. The van der Waals surface area contributed by atoms with Gasteiger partial charge < -0.3 is 9.47 Å². The summed E-state index contributed by atoms with van der Waals surface area (Å²) in [5.41, 5.74) is -0.0444. The molecule has 0 radical (unpaired) electrons. The number of amides is 1. The molecule has 1 heterocycles. The zero-order valence-electron chi connectivity index (χ0n) is 12.6. The lowest BCUT2D eigenvalue weighted by Crippen LogP contribution is -2.20. The number of nitro benzene ring substituents is 1. The second-order valence-electron chi connectivity index (χ2n) is 4.39. The summed E-state index contributed by atoms with van der Waals surface area (Å²) in [5.74, 6) is -0.536. The van der Waals surface area contributed by atoms with Gasteiger partial charge >= 0.3 is 12.1 Å². The molecular formula is C15H13N3O6. The Hall–Kier alpha value is -3.49. The van der Waals surface area contributed by atoms with Crippen molar-refractivity contribution < 1.29 is 24.0 Å². The van der Waals surface area contributed by atoms with Gasteiger partial charge in [0.2, 0.25) is 0 Å². The van der Waals surface area contributed by atoms with E-state index < -0.39 is 17.0 Å². The van der Waals surface area contributed by atoms with Crippen LogP contribution in [0, 0.1) is 10.1 Å². The molecule has 0 saturated heterocycles. The average Bonchev–Trinajstić information content (AvgIpc) is 2.56. The first kappa shape index (κ1) is 16.9. The van der Waals surface area contributed by atoms with Crippen LogP contribution in [0.25, 0.3) is 0 Å². The molecule has 0 atom stereocenters. The minimum atomic E-state index is -0.895. The van der Waals surface area contributed by atoms with Gasteiger partial charge in [-0.05, 0) is 31.2 Å². The summed E-state index contributed by atoms with van der Waals surface area (Å²) in [6, 6.07) is 7.94. The van der Waals surface area contributed by atoms with Gasteiger partial charge in [-0.15, -0.1) is 0 Å². The molecule has 1 amide bonds. The van der Waals surface area contributed by atoms with E-state index in [9.17, 15) is 19.7 Å². The number of pyridine rings is 1. The summed E-state index contributed by atoms with van der Waals surface area (Å²) in [7, 11) is 0. The smallest absolute Gasteiger partial charge is 0.418 e. The number of carbonyl (C=O) groups is 2. The zero-order chi connectivity index (χ0) is 17.5. The van der Waals surface area contributed by atoms with E-state index in [1.807, 2.05) is 0 Å². The standard InChI is InChI=1S/C15H13N3O6/c1-2-23-14(19)12-4-3-9-16-13(12)17-15(20)24-11-7-5-10(6-8-11)18(21)22/h3-9H,2H2,1H3,(H,16,17,20). The van der Waals surface area contributed by atoms with Gasteiger partial charge in [0.1, 0.15) is 17.1 Å². The highest BCUT2D eigenvalue weighted by Crippen LogP contribution is 2.18. The highest BCUT2D eigenvalue weighted by atomic mass is 16.6. The normalized spacial score (nSPS) is 9.88. The largest absolute Gasteiger partial charge is 0.462 e.